The first-order chi connectivity index (χ1) is 17.2. The van der Waals surface area contributed by atoms with Crippen molar-refractivity contribution in [2.75, 3.05) is 26.2 Å². The molecule has 0 unspecified atom stereocenters. The number of likely N-dealkylation sites (tertiary alicyclic amines) is 2. The predicted octanol–water partition coefficient (Wildman–Crippen LogP) is 6.12. The van der Waals surface area contributed by atoms with Crippen LogP contribution in [0.15, 0.2) is 72.8 Å². The summed E-state index contributed by atoms with van der Waals surface area (Å²) in [5.41, 5.74) is 4.52. The Labute approximate surface area is 208 Å². The molecule has 0 aliphatic carbocycles. The van der Waals surface area contributed by atoms with E-state index in [4.69, 9.17) is 4.98 Å². The Balaban J connectivity index is 1.42. The lowest BCUT2D eigenvalue weighted by Crippen LogP contribution is -2.42. The molecule has 1 atom stereocenters. The maximum atomic E-state index is 13.7. The molecular formula is C31H33N3O. The fourth-order valence-corrected chi connectivity index (χ4v) is 5.08. The summed E-state index contributed by atoms with van der Waals surface area (Å²) < 4.78 is 0. The standard InChI is InChI=1S/C31H33N3O/c35-31(34-21-9-14-30(34)24-33-19-7-8-20-33)27-22-28(17-15-25-10-3-1-4-11-25)32-29(23-27)18-16-26-12-5-2-6-13-26/h1-6,10-13,15-18,22-23,30H,7-9,14,19-21,24H2/t30-/m0/s1. The fourth-order valence-electron chi connectivity index (χ4n) is 5.08. The van der Waals surface area contributed by atoms with Gasteiger partial charge in [0.25, 0.3) is 5.91 Å². The molecule has 2 aromatic carbocycles. The Hall–Kier alpha value is -3.50. The number of amides is 1. The number of carbonyl (C=O) groups is 1. The largest absolute Gasteiger partial charge is 0.334 e. The van der Waals surface area contributed by atoms with Crippen LogP contribution in [0.3, 0.4) is 0 Å². The van der Waals surface area contributed by atoms with Gasteiger partial charge < -0.3 is 9.80 Å². The van der Waals surface area contributed by atoms with Crippen molar-refractivity contribution in [1.29, 1.82) is 0 Å². The highest BCUT2D eigenvalue weighted by atomic mass is 16.2. The van der Waals surface area contributed by atoms with Gasteiger partial charge in [0.2, 0.25) is 0 Å². The van der Waals surface area contributed by atoms with Crippen LogP contribution in [0.1, 0.15) is 58.6 Å². The number of hydrogen-bond donors (Lipinski definition) is 0. The van der Waals surface area contributed by atoms with Crippen LogP contribution in [0.2, 0.25) is 0 Å². The minimum Gasteiger partial charge on any atom is -0.334 e. The van der Waals surface area contributed by atoms with Crippen LogP contribution >= 0.6 is 0 Å². The van der Waals surface area contributed by atoms with Gasteiger partial charge in [0.1, 0.15) is 0 Å². The van der Waals surface area contributed by atoms with Crippen molar-refractivity contribution in [2.24, 2.45) is 0 Å². The summed E-state index contributed by atoms with van der Waals surface area (Å²) in [6, 6.07) is 24.5. The Morgan fingerprint density at radius 3 is 1.91 bits per heavy atom. The van der Waals surface area contributed by atoms with Crippen molar-refractivity contribution in [3.63, 3.8) is 0 Å². The molecule has 0 radical (unpaired) electrons. The number of carbonyl (C=O) groups excluding carboxylic acids is 1. The summed E-state index contributed by atoms with van der Waals surface area (Å²) in [5.74, 6) is 0.123. The van der Waals surface area contributed by atoms with E-state index in [-0.39, 0.29) is 5.91 Å². The second-order valence-electron chi connectivity index (χ2n) is 9.50. The molecule has 3 aromatic rings. The van der Waals surface area contributed by atoms with Gasteiger partial charge in [0.15, 0.2) is 0 Å². The molecule has 2 aliphatic heterocycles. The zero-order chi connectivity index (χ0) is 23.9. The van der Waals surface area contributed by atoms with Crippen LogP contribution in [0.5, 0.6) is 0 Å². The molecule has 0 bridgehead atoms. The molecule has 0 N–H and O–H groups in total. The van der Waals surface area contributed by atoms with Crippen LogP contribution in [0.25, 0.3) is 24.3 Å². The third kappa shape index (κ3) is 6.14. The number of aromatic nitrogens is 1. The monoisotopic (exact) mass is 463 g/mol. The van der Waals surface area contributed by atoms with E-state index in [0.29, 0.717) is 11.6 Å². The Morgan fingerprint density at radius 2 is 1.34 bits per heavy atom. The van der Waals surface area contributed by atoms with E-state index < -0.39 is 0 Å². The second-order valence-corrected chi connectivity index (χ2v) is 9.50. The first-order valence-electron chi connectivity index (χ1n) is 12.8. The van der Waals surface area contributed by atoms with E-state index in [1.54, 1.807) is 0 Å². The molecule has 2 fully saturated rings. The maximum Gasteiger partial charge on any atom is 0.254 e. The first kappa shape index (κ1) is 23.3. The second kappa shape index (κ2) is 11.3. The third-order valence-corrected chi connectivity index (χ3v) is 6.91. The maximum absolute atomic E-state index is 13.7. The minimum atomic E-state index is 0.123. The number of pyridine rings is 1. The van der Waals surface area contributed by atoms with Crippen LogP contribution < -0.4 is 0 Å². The lowest BCUT2D eigenvalue weighted by Gasteiger charge is -2.28. The fraction of sp³-hybridized carbons (Fsp3) is 0.290. The Bertz CT molecular complexity index is 1110. The van der Waals surface area contributed by atoms with Gasteiger partial charge in [-0.2, -0.15) is 0 Å². The summed E-state index contributed by atoms with van der Waals surface area (Å²) in [6.45, 7) is 4.16. The van der Waals surface area contributed by atoms with Gasteiger partial charge in [-0.25, -0.2) is 4.98 Å². The molecule has 35 heavy (non-hydrogen) atoms. The number of hydrogen-bond acceptors (Lipinski definition) is 3. The molecule has 0 saturated carbocycles. The lowest BCUT2D eigenvalue weighted by molar-refractivity contribution is 0.0708. The summed E-state index contributed by atoms with van der Waals surface area (Å²) in [7, 11) is 0. The molecular weight excluding hydrogens is 430 g/mol. The van der Waals surface area contributed by atoms with E-state index in [9.17, 15) is 4.79 Å². The zero-order valence-electron chi connectivity index (χ0n) is 20.2. The molecule has 4 heteroatoms. The highest BCUT2D eigenvalue weighted by Crippen LogP contribution is 2.24. The van der Waals surface area contributed by atoms with Gasteiger partial charge in [-0.05, 0) is 74.2 Å². The third-order valence-electron chi connectivity index (χ3n) is 6.91. The van der Waals surface area contributed by atoms with E-state index in [0.717, 1.165) is 61.5 Å². The van der Waals surface area contributed by atoms with E-state index in [2.05, 4.69) is 34.1 Å². The van der Waals surface area contributed by atoms with Gasteiger partial charge >= 0.3 is 0 Å². The smallest absolute Gasteiger partial charge is 0.254 e. The van der Waals surface area contributed by atoms with Gasteiger partial charge in [0, 0.05) is 24.7 Å². The SMILES string of the molecule is O=C(c1cc(C=Cc2ccccc2)nc(C=Cc2ccccc2)c1)N1CCC[C@H]1CN1CCCC1. The molecule has 2 aliphatic rings. The molecule has 0 spiro atoms. The topological polar surface area (TPSA) is 36.4 Å². The van der Waals surface area contributed by atoms with Gasteiger partial charge in [-0.3, -0.25) is 4.79 Å². The van der Waals surface area contributed by atoms with Crippen LogP contribution in [-0.2, 0) is 0 Å². The van der Waals surface area contributed by atoms with Crippen molar-refractivity contribution in [2.45, 2.75) is 31.7 Å². The first-order valence-corrected chi connectivity index (χ1v) is 12.8. The van der Waals surface area contributed by atoms with Crippen molar-refractivity contribution < 1.29 is 4.79 Å². The van der Waals surface area contributed by atoms with Crippen LogP contribution in [-0.4, -0.2) is 52.9 Å². The minimum absolute atomic E-state index is 0.123. The Kier molecular flexibility index (Phi) is 7.50. The molecule has 4 nitrogen and oxygen atoms in total. The normalized spacial score (nSPS) is 18.7. The molecule has 178 valence electrons. The zero-order valence-corrected chi connectivity index (χ0v) is 20.2. The summed E-state index contributed by atoms with van der Waals surface area (Å²) in [4.78, 5) is 23.2. The number of benzene rings is 2. The molecule has 5 rings (SSSR count). The van der Waals surface area contributed by atoms with E-state index in [1.807, 2.05) is 72.8 Å². The average molecular weight is 464 g/mol. The van der Waals surface area contributed by atoms with Crippen molar-refractivity contribution >= 4 is 30.2 Å². The van der Waals surface area contributed by atoms with Crippen LogP contribution in [0, 0.1) is 0 Å². The predicted molar refractivity (Wildman–Crippen MR) is 145 cm³/mol. The molecule has 1 aromatic heterocycles. The lowest BCUT2D eigenvalue weighted by atomic mass is 10.1. The van der Waals surface area contributed by atoms with Crippen molar-refractivity contribution in [1.82, 2.24) is 14.8 Å². The Morgan fingerprint density at radius 1 is 0.771 bits per heavy atom. The quantitative estimate of drug-likeness (QED) is 0.423. The number of nitrogens with zero attached hydrogens (tertiary/aromatic N) is 3. The van der Waals surface area contributed by atoms with Crippen LogP contribution in [0.4, 0.5) is 0 Å². The summed E-state index contributed by atoms with van der Waals surface area (Å²) >= 11 is 0. The summed E-state index contributed by atoms with van der Waals surface area (Å²) in [5, 5.41) is 0. The van der Waals surface area contributed by atoms with E-state index >= 15 is 0 Å². The van der Waals surface area contributed by atoms with Crippen molar-refractivity contribution in [3.05, 3.63) is 101 Å². The van der Waals surface area contributed by atoms with Gasteiger partial charge in [-0.15, -0.1) is 0 Å². The molecule has 3 heterocycles. The van der Waals surface area contributed by atoms with Gasteiger partial charge in [-0.1, -0.05) is 72.8 Å². The highest BCUT2D eigenvalue weighted by molar-refractivity contribution is 5.96. The van der Waals surface area contributed by atoms with E-state index in [1.165, 1.54) is 12.8 Å². The number of rotatable bonds is 7. The summed E-state index contributed by atoms with van der Waals surface area (Å²) in [6.07, 6.45) is 12.8. The molecule has 2 saturated heterocycles. The average Bonchev–Trinajstić information content (AvgIpc) is 3.60. The van der Waals surface area contributed by atoms with Gasteiger partial charge in [0.05, 0.1) is 11.4 Å². The molecule has 1 amide bonds. The highest BCUT2D eigenvalue weighted by Gasteiger charge is 2.31. The van der Waals surface area contributed by atoms with Crippen molar-refractivity contribution in [3.8, 4) is 0 Å².